The van der Waals surface area contributed by atoms with Gasteiger partial charge < -0.3 is 5.32 Å². The van der Waals surface area contributed by atoms with E-state index in [0.29, 0.717) is 17.0 Å². The number of nitrogens with zero attached hydrogens (tertiary/aromatic N) is 3. The molecule has 1 saturated heterocycles. The lowest BCUT2D eigenvalue weighted by Crippen LogP contribution is -2.49. The molecular formula is C27H23N5O3S. The van der Waals surface area contributed by atoms with Crippen molar-refractivity contribution in [2.75, 3.05) is 5.75 Å². The van der Waals surface area contributed by atoms with Crippen LogP contribution in [0.3, 0.4) is 0 Å². The molecule has 2 heterocycles. The highest BCUT2D eigenvalue weighted by Gasteiger charge is 2.52. The number of fused-ring (bicyclic) bond motifs is 1. The number of rotatable bonds is 7. The maximum absolute atomic E-state index is 13.2. The zero-order valence-corrected chi connectivity index (χ0v) is 20.3. The van der Waals surface area contributed by atoms with Crippen LogP contribution in [0.15, 0.2) is 90.0 Å². The number of thioether (sulfide) groups is 1. The molecule has 9 heteroatoms. The molecule has 0 spiro atoms. The Kier molecular flexibility index (Phi) is 6.39. The predicted molar refractivity (Wildman–Crippen MR) is 138 cm³/mol. The fourth-order valence-corrected chi connectivity index (χ4v) is 5.09. The molecule has 5 rings (SSSR count). The largest absolute Gasteiger partial charge is 0.344 e. The summed E-state index contributed by atoms with van der Waals surface area (Å²) in [5, 5.41) is 14.7. The van der Waals surface area contributed by atoms with Gasteiger partial charge in [-0.15, -0.1) is 10.2 Å². The minimum atomic E-state index is -1.21. The molecule has 1 fully saturated rings. The van der Waals surface area contributed by atoms with E-state index in [0.717, 1.165) is 27.0 Å². The molecule has 180 valence electrons. The van der Waals surface area contributed by atoms with E-state index in [1.54, 1.807) is 24.3 Å². The van der Waals surface area contributed by atoms with Crippen molar-refractivity contribution in [1.29, 1.82) is 0 Å². The predicted octanol–water partition coefficient (Wildman–Crippen LogP) is 4.28. The number of carbonyl (C=O) groups excluding carboxylic acids is 3. The van der Waals surface area contributed by atoms with Gasteiger partial charge in [-0.2, -0.15) is 5.01 Å². The molecule has 4 aromatic rings. The quantitative estimate of drug-likeness (QED) is 0.292. The Labute approximate surface area is 212 Å². The second-order valence-electron chi connectivity index (χ2n) is 8.28. The second-order valence-corrected chi connectivity index (χ2v) is 9.25. The SMILES string of the molecule is CC[C@@]1(c2ccccc2)NC(=O)N(NC(=O)CSc2nnc(-c3ccccc3)c3ccccc23)C1=O. The lowest BCUT2D eigenvalue weighted by Gasteiger charge is -2.25. The minimum absolute atomic E-state index is 0.0507. The summed E-state index contributed by atoms with van der Waals surface area (Å²) in [6, 6.07) is 25.9. The van der Waals surface area contributed by atoms with Crippen molar-refractivity contribution in [1.82, 2.24) is 25.9 Å². The Hall–Kier alpha value is -4.24. The van der Waals surface area contributed by atoms with Gasteiger partial charge in [0.05, 0.1) is 5.75 Å². The molecule has 1 aromatic heterocycles. The maximum Gasteiger partial charge on any atom is 0.344 e. The molecule has 0 unspecified atom stereocenters. The third-order valence-corrected chi connectivity index (χ3v) is 7.15. The number of hydrogen-bond donors (Lipinski definition) is 2. The van der Waals surface area contributed by atoms with E-state index < -0.39 is 23.4 Å². The molecule has 4 amide bonds. The van der Waals surface area contributed by atoms with Gasteiger partial charge in [-0.1, -0.05) is 104 Å². The van der Waals surface area contributed by atoms with Crippen LogP contribution in [0, 0.1) is 0 Å². The average molecular weight is 498 g/mol. The van der Waals surface area contributed by atoms with Gasteiger partial charge in [-0.25, -0.2) is 4.79 Å². The Balaban J connectivity index is 1.32. The highest BCUT2D eigenvalue weighted by Crippen LogP contribution is 2.33. The van der Waals surface area contributed by atoms with E-state index in [4.69, 9.17) is 0 Å². The van der Waals surface area contributed by atoms with Crippen molar-refractivity contribution in [2.24, 2.45) is 0 Å². The molecule has 0 aliphatic carbocycles. The van der Waals surface area contributed by atoms with E-state index in [1.807, 2.05) is 67.6 Å². The van der Waals surface area contributed by atoms with Crippen molar-refractivity contribution in [3.05, 3.63) is 90.5 Å². The number of hydrazine groups is 1. The van der Waals surface area contributed by atoms with Gasteiger partial charge in [-0.05, 0) is 12.0 Å². The van der Waals surface area contributed by atoms with Gasteiger partial charge in [0.25, 0.3) is 5.91 Å². The number of carbonyl (C=O) groups is 3. The Morgan fingerprint density at radius 2 is 1.56 bits per heavy atom. The maximum atomic E-state index is 13.2. The first-order valence-corrected chi connectivity index (χ1v) is 12.5. The highest BCUT2D eigenvalue weighted by molar-refractivity contribution is 8.00. The monoisotopic (exact) mass is 497 g/mol. The number of imide groups is 1. The lowest BCUT2D eigenvalue weighted by atomic mass is 9.87. The average Bonchev–Trinajstić information content (AvgIpc) is 3.17. The van der Waals surface area contributed by atoms with Crippen LogP contribution in [-0.4, -0.2) is 38.8 Å². The molecule has 36 heavy (non-hydrogen) atoms. The molecule has 0 radical (unpaired) electrons. The first-order chi connectivity index (χ1) is 17.5. The molecule has 3 aromatic carbocycles. The van der Waals surface area contributed by atoms with Crippen LogP contribution in [-0.2, 0) is 15.1 Å². The number of aromatic nitrogens is 2. The summed E-state index contributed by atoms with van der Waals surface area (Å²) in [5.41, 5.74) is 3.62. The summed E-state index contributed by atoms with van der Waals surface area (Å²) in [4.78, 5) is 38.6. The molecule has 8 nitrogen and oxygen atoms in total. The van der Waals surface area contributed by atoms with Crippen molar-refractivity contribution in [2.45, 2.75) is 23.9 Å². The summed E-state index contributed by atoms with van der Waals surface area (Å²) >= 11 is 1.19. The lowest BCUT2D eigenvalue weighted by molar-refractivity contribution is -0.138. The van der Waals surface area contributed by atoms with Crippen LogP contribution in [0.4, 0.5) is 4.79 Å². The molecule has 0 saturated carbocycles. The van der Waals surface area contributed by atoms with E-state index in [2.05, 4.69) is 20.9 Å². The second kappa shape index (κ2) is 9.79. The zero-order valence-electron chi connectivity index (χ0n) is 19.5. The van der Waals surface area contributed by atoms with Crippen molar-refractivity contribution in [3.8, 4) is 11.3 Å². The fraction of sp³-hybridized carbons (Fsp3) is 0.148. The molecule has 0 bridgehead atoms. The Morgan fingerprint density at radius 1 is 0.917 bits per heavy atom. The van der Waals surface area contributed by atoms with E-state index >= 15 is 0 Å². The van der Waals surface area contributed by atoms with Gasteiger partial charge in [-0.3, -0.25) is 15.0 Å². The minimum Gasteiger partial charge on any atom is -0.318 e. The van der Waals surface area contributed by atoms with E-state index in [1.165, 1.54) is 11.8 Å². The topological polar surface area (TPSA) is 104 Å². The number of hydrogen-bond acceptors (Lipinski definition) is 6. The van der Waals surface area contributed by atoms with Crippen molar-refractivity contribution >= 4 is 40.4 Å². The highest BCUT2D eigenvalue weighted by atomic mass is 32.2. The van der Waals surface area contributed by atoms with Gasteiger partial charge in [0.2, 0.25) is 5.91 Å². The first-order valence-electron chi connectivity index (χ1n) is 11.5. The third-order valence-electron chi connectivity index (χ3n) is 6.17. The normalized spacial score (nSPS) is 17.3. The van der Waals surface area contributed by atoms with Crippen molar-refractivity contribution < 1.29 is 14.4 Å². The van der Waals surface area contributed by atoms with Gasteiger partial charge in [0.1, 0.15) is 16.3 Å². The van der Waals surface area contributed by atoms with Crippen LogP contribution < -0.4 is 10.7 Å². The third kappa shape index (κ3) is 4.18. The van der Waals surface area contributed by atoms with Crippen LogP contribution in [0.2, 0.25) is 0 Å². The van der Waals surface area contributed by atoms with E-state index in [-0.39, 0.29) is 5.75 Å². The summed E-state index contributed by atoms with van der Waals surface area (Å²) in [6.45, 7) is 1.81. The number of nitrogens with one attached hydrogen (secondary N) is 2. The van der Waals surface area contributed by atoms with Gasteiger partial charge in [0.15, 0.2) is 0 Å². The summed E-state index contributed by atoms with van der Waals surface area (Å²) in [7, 11) is 0. The summed E-state index contributed by atoms with van der Waals surface area (Å²) in [6.07, 6.45) is 0.345. The molecule has 1 atom stereocenters. The molecule has 1 aliphatic rings. The molecule has 1 aliphatic heterocycles. The summed E-state index contributed by atoms with van der Waals surface area (Å²) < 4.78 is 0. The number of amides is 4. The number of benzene rings is 3. The molecular weight excluding hydrogens is 474 g/mol. The Morgan fingerprint density at radius 3 is 2.25 bits per heavy atom. The van der Waals surface area contributed by atoms with Crippen LogP contribution in [0.1, 0.15) is 18.9 Å². The van der Waals surface area contributed by atoms with E-state index in [9.17, 15) is 14.4 Å². The van der Waals surface area contributed by atoms with Gasteiger partial charge in [0, 0.05) is 16.3 Å². The number of urea groups is 1. The standard InChI is InChI=1S/C27H23N5O3S/c1-2-27(19-13-7-4-8-14-19)25(34)32(26(35)28-27)31-22(33)17-36-24-21-16-10-9-15-20(21)23(29-30-24)18-11-5-3-6-12-18/h3-16H,2,17H2,1H3,(H,28,35)(H,31,33)/t27-/m0/s1. The van der Waals surface area contributed by atoms with Crippen LogP contribution in [0.5, 0.6) is 0 Å². The smallest absolute Gasteiger partial charge is 0.318 e. The fourth-order valence-electron chi connectivity index (χ4n) is 4.32. The van der Waals surface area contributed by atoms with Crippen LogP contribution in [0.25, 0.3) is 22.0 Å². The summed E-state index contributed by atoms with van der Waals surface area (Å²) in [5.74, 6) is -1.07. The Bertz CT molecular complexity index is 1450. The van der Waals surface area contributed by atoms with Gasteiger partial charge >= 0.3 is 6.03 Å². The van der Waals surface area contributed by atoms with Crippen molar-refractivity contribution in [3.63, 3.8) is 0 Å². The first kappa shape index (κ1) is 23.5. The molecule has 2 N–H and O–H groups in total. The zero-order chi connectivity index (χ0) is 25.1. The van der Waals surface area contributed by atoms with Crippen LogP contribution >= 0.6 is 11.8 Å².